The van der Waals surface area contributed by atoms with Gasteiger partial charge in [0.2, 0.25) is 0 Å². The Kier molecular flexibility index (Phi) is 4.84. The third kappa shape index (κ3) is 4.56. The smallest absolute Gasteiger partial charge is 0.131 e. The van der Waals surface area contributed by atoms with Crippen LogP contribution in [0.15, 0.2) is 82.7 Å². The van der Waals surface area contributed by atoms with E-state index >= 15 is 0 Å². The molecule has 0 bridgehead atoms. The summed E-state index contributed by atoms with van der Waals surface area (Å²) in [5.41, 5.74) is 2.81. The van der Waals surface area contributed by atoms with E-state index in [1.807, 2.05) is 98.8 Å². The summed E-state index contributed by atoms with van der Waals surface area (Å²) in [6, 6.07) is 19.0. The Morgan fingerprint density at radius 2 is 0.710 bits per heavy atom. The second kappa shape index (κ2) is 7.95. The van der Waals surface area contributed by atoms with Gasteiger partial charge in [-0.05, 0) is 74.5 Å². The summed E-state index contributed by atoms with van der Waals surface area (Å²) in [6.07, 6.45) is 7.37. The summed E-state index contributed by atoms with van der Waals surface area (Å²) < 4.78 is 28.6. The van der Waals surface area contributed by atoms with E-state index in [1.54, 1.807) is 0 Å². The van der Waals surface area contributed by atoms with E-state index < -0.39 is 0 Å². The average Bonchev–Trinajstić information content (AvgIpc) is 3.54. The van der Waals surface area contributed by atoms with E-state index in [9.17, 15) is 0 Å². The van der Waals surface area contributed by atoms with Crippen molar-refractivity contribution in [1.29, 1.82) is 0 Å². The van der Waals surface area contributed by atoms with Crippen molar-refractivity contribution in [1.82, 2.24) is 0 Å². The van der Waals surface area contributed by atoms with Gasteiger partial charge in [0.1, 0.15) is 56.2 Å². The van der Waals surface area contributed by atoms with Crippen molar-refractivity contribution < 1.29 is 22.1 Å². The number of aryl methyl sites for hydroxylation is 2. The van der Waals surface area contributed by atoms with Crippen molar-refractivity contribution >= 4 is 24.3 Å². The number of rotatable bonds is 4. The van der Waals surface area contributed by atoms with Crippen LogP contribution >= 0.6 is 0 Å². The normalized spacial score (nSPS) is 14.3. The van der Waals surface area contributed by atoms with E-state index in [0.717, 1.165) is 23.0 Å². The van der Waals surface area contributed by atoms with Crippen LogP contribution in [0.5, 0.6) is 0 Å². The van der Waals surface area contributed by atoms with Crippen LogP contribution in [0.1, 0.15) is 34.6 Å². The zero-order valence-electron chi connectivity index (χ0n) is 17.1. The fraction of sp³-hybridized carbons (Fsp3) is 0.0769. The molecule has 5 aromatic rings. The largest absolute Gasteiger partial charge is 0.462 e. The molecule has 0 atom stereocenters. The van der Waals surface area contributed by atoms with E-state index in [1.165, 1.54) is 0 Å². The molecule has 5 heterocycles. The van der Waals surface area contributed by atoms with E-state index in [2.05, 4.69) is 0 Å². The Balaban J connectivity index is 1.37. The zero-order chi connectivity index (χ0) is 21.2. The Bertz CT molecular complexity index is 1450. The number of hydrogen-bond acceptors (Lipinski definition) is 5. The molecule has 0 aromatic carbocycles. The first-order chi connectivity index (χ1) is 15.1. The lowest BCUT2D eigenvalue weighted by Crippen LogP contribution is -1.99. The molecule has 0 fully saturated rings. The van der Waals surface area contributed by atoms with E-state index in [-0.39, 0.29) is 0 Å². The molecule has 5 nitrogen and oxygen atoms in total. The fourth-order valence-corrected chi connectivity index (χ4v) is 3.19. The quantitative estimate of drug-likeness (QED) is 0.451. The van der Waals surface area contributed by atoms with Crippen LogP contribution in [-0.2, 0) is 0 Å². The van der Waals surface area contributed by atoms with Gasteiger partial charge >= 0.3 is 0 Å². The van der Waals surface area contributed by atoms with Crippen molar-refractivity contribution in [3.63, 3.8) is 0 Å². The average molecular weight is 412 g/mol. The minimum atomic E-state index is 0.686. The molecule has 0 saturated carbocycles. The highest BCUT2D eigenvalue weighted by atomic mass is 16.4. The Labute approximate surface area is 177 Å². The van der Waals surface area contributed by atoms with Crippen LogP contribution in [0.3, 0.4) is 0 Å². The van der Waals surface area contributed by atoms with E-state index in [0.29, 0.717) is 33.2 Å². The number of furan rings is 5. The predicted molar refractivity (Wildman–Crippen MR) is 116 cm³/mol. The highest BCUT2D eigenvalue weighted by Gasteiger charge is 2.00. The predicted octanol–water partition coefficient (Wildman–Crippen LogP) is 3.58. The minimum Gasteiger partial charge on any atom is -0.462 e. The van der Waals surface area contributed by atoms with Crippen molar-refractivity contribution in [3.05, 3.63) is 117 Å². The summed E-state index contributed by atoms with van der Waals surface area (Å²) >= 11 is 0. The third-order valence-corrected chi connectivity index (χ3v) is 4.60. The highest BCUT2D eigenvalue weighted by molar-refractivity contribution is 5.49. The molecule has 31 heavy (non-hydrogen) atoms. The molecule has 0 amide bonds. The molecule has 0 aliphatic carbocycles. The maximum atomic E-state index is 5.86. The molecule has 5 aromatic heterocycles. The SMILES string of the molecule is Cc1ccc(C=c2ccc(=Cc3ccc(C=c4ccc(=Cc5ccc(C)o5)o4)o3)o2)o1. The summed E-state index contributed by atoms with van der Waals surface area (Å²) in [5.74, 6) is 4.61. The van der Waals surface area contributed by atoms with Crippen molar-refractivity contribution in [2.75, 3.05) is 0 Å². The lowest BCUT2D eigenvalue weighted by atomic mass is 10.3. The molecule has 0 radical (unpaired) electrons. The van der Waals surface area contributed by atoms with Gasteiger partial charge in [-0.2, -0.15) is 0 Å². The molecule has 154 valence electrons. The molecule has 0 saturated heterocycles. The van der Waals surface area contributed by atoms with Gasteiger partial charge in [-0.3, -0.25) is 0 Å². The molecular weight excluding hydrogens is 392 g/mol. The van der Waals surface area contributed by atoms with Crippen molar-refractivity contribution in [3.8, 4) is 0 Å². The Morgan fingerprint density at radius 1 is 0.387 bits per heavy atom. The van der Waals surface area contributed by atoms with Gasteiger partial charge in [0.05, 0.1) is 0 Å². The molecular formula is C26H20O5. The van der Waals surface area contributed by atoms with Gasteiger partial charge in [0.25, 0.3) is 0 Å². The van der Waals surface area contributed by atoms with Gasteiger partial charge in [-0.25, -0.2) is 0 Å². The lowest BCUT2D eigenvalue weighted by Gasteiger charge is -1.85. The minimum absolute atomic E-state index is 0.686. The van der Waals surface area contributed by atoms with Crippen LogP contribution in [0.2, 0.25) is 0 Å². The standard InChI is InChI=1S/C26H20O5/c1-17-3-5-19(27-17)13-21-7-9-23(29-21)15-25-11-12-26(31-25)16-24-10-8-22(30-24)14-20-6-4-18(2)28-20/h3-16H,1-2H3. The molecule has 5 heteroatoms. The van der Waals surface area contributed by atoms with Gasteiger partial charge in [-0.15, -0.1) is 0 Å². The third-order valence-electron chi connectivity index (χ3n) is 4.60. The zero-order valence-corrected chi connectivity index (χ0v) is 17.1. The van der Waals surface area contributed by atoms with Crippen molar-refractivity contribution in [2.24, 2.45) is 0 Å². The first-order valence-electron chi connectivity index (χ1n) is 9.90. The second-order valence-corrected chi connectivity index (χ2v) is 7.19. The molecule has 0 N–H and O–H groups in total. The maximum Gasteiger partial charge on any atom is 0.131 e. The lowest BCUT2D eigenvalue weighted by molar-refractivity contribution is 0.488. The Hall–Kier alpha value is -4.12. The Morgan fingerprint density at radius 3 is 1.03 bits per heavy atom. The molecule has 0 aliphatic rings. The molecule has 0 spiro atoms. The summed E-state index contributed by atoms with van der Waals surface area (Å²) in [7, 11) is 0. The molecule has 5 rings (SSSR count). The summed E-state index contributed by atoms with van der Waals surface area (Å²) in [6.45, 7) is 3.82. The van der Waals surface area contributed by atoms with Crippen LogP contribution in [0, 0.1) is 13.8 Å². The fourth-order valence-electron chi connectivity index (χ4n) is 3.19. The van der Waals surface area contributed by atoms with Crippen LogP contribution < -0.4 is 21.7 Å². The first kappa shape index (κ1) is 18.9. The highest BCUT2D eigenvalue weighted by Crippen LogP contribution is 2.10. The van der Waals surface area contributed by atoms with E-state index in [4.69, 9.17) is 22.1 Å². The van der Waals surface area contributed by atoms with Crippen LogP contribution in [-0.4, -0.2) is 0 Å². The molecule has 0 aliphatic heterocycles. The second-order valence-electron chi connectivity index (χ2n) is 7.19. The van der Waals surface area contributed by atoms with Gasteiger partial charge in [-0.1, -0.05) is 0 Å². The van der Waals surface area contributed by atoms with Gasteiger partial charge in [0.15, 0.2) is 0 Å². The van der Waals surface area contributed by atoms with Crippen LogP contribution in [0.25, 0.3) is 24.3 Å². The first-order valence-corrected chi connectivity index (χ1v) is 9.90. The van der Waals surface area contributed by atoms with Crippen molar-refractivity contribution in [2.45, 2.75) is 13.8 Å². The number of hydrogen-bond donors (Lipinski definition) is 0. The summed E-state index contributed by atoms with van der Waals surface area (Å²) in [4.78, 5) is 0. The topological polar surface area (TPSA) is 65.7 Å². The molecule has 0 unspecified atom stereocenters. The van der Waals surface area contributed by atoms with Gasteiger partial charge in [0, 0.05) is 24.3 Å². The monoisotopic (exact) mass is 412 g/mol. The summed E-state index contributed by atoms with van der Waals surface area (Å²) in [5, 5.41) is 0. The maximum absolute atomic E-state index is 5.86. The van der Waals surface area contributed by atoms with Gasteiger partial charge < -0.3 is 22.1 Å². The van der Waals surface area contributed by atoms with Crippen LogP contribution in [0.4, 0.5) is 0 Å².